The van der Waals surface area contributed by atoms with E-state index in [1.165, 1.54) is 0 Å². The lowest BCUT2D eigenvalue weighted by atomic mass is 10.2. The first-order chi connectivity index (χ1) is 7.36. The summed E-state index contributed by atoms with van der Waals surface area (Å²) >= 11 is 0. The molecule has 0 spiro atoms. The standard InChI is InChI=1S/C12H14N2O.ClH/c15-12(14-8-1-2-9-14)6-5-11-4-3-7-13-10-11;/h3-7,10H,1-2,8-9H2;1H/b6-5+;. The maximum Gasteiger partial charge on any atom is 0.246 e. The normalized spacial score (nSPS) is 15.1. The molecule has 0 N–H and O–H groups in total. The number of carbonyl (C=O) groups excluding carboxylic acids is 1. The van der Waals surface area contributed by atoms with Gasteiger partial charge in [0.25, 0.3) is 0 Å². The predicted molar refractivity (Wildman–Crippen MR) is 66.3 cm³/mol. The van der Waals surface area contributed by atoms with Gasteiger partial charge in [0.1, 0.15) is 0 Å². The number of rotatable bonds is 2. The SMILES string of the molecule is Cl.O=C(/C=C/c1cccnc1)N1CCCC1. The van der Waals surface area contributed by atoms with Crippen LogP contribution in [-0.4, -0.2) is 28.9 Å². The van der Waals surface area contributed by atoms with Crippen LogP contribution in [0.3, 0.4) is 0 Å². The van der Waals surface area contributed by atoms with E-state index in [1.54, 1.807) is 18.5 Å². The minimum atomic E-state index is 0. The van der Waals surface area contributed by atoms with Gasteiger partial charge < -0.3 is 4.90 Å². The van der Waals surface area contributed by atoms with Crippen LogP contribution in [0, 0.1) is 0 Å². The fourth-order valence-electron chi connectivity index (χ4n) is 1.68. The van der Waals surface area contributed by atoms with Gasteiger partial charge >= 0.3 is 0 Å². The highest BCUT2D eigenvalue weighted by atomic mass is 35.5. The number of aromatic nitrogens is 1. The van der Waals surface area contributed by atoms with E-state index in [4.69, 9.17) is 0 Å². The van der Waals surface area contributed by atoms with Crippen LogP contribution in [0.5, 0.6) is 0 Å². The molecule has 1 aliphatic heterocycles. The van der Waals surface area contributed by atoms with Gasteiger partial charge in [-0.15, -0.1) is 12.4 Å². The summed E-state index contributed by atoms with van der Waals surface area (Å²) in [4.78, 5) is 17.5. The number of hydrogen-bond acceptors (Lipinski definition) is 2. The summed E-state index contributed by atoms with van der Waals surface area (Å²) in [5.41, 5.74) is 0.963. The van der Waals surface area contributed by atoms with Gasteiger partial charge in [-0.1, -0.05) is 6.07 Å². The van der Waals surface area contributed by atoms with Gasteiger partial charge in [0.2, 0.25) is 5.91 Å². The van der Waals surface area contributed by atoms with Crippen LogP contribution in [0.15, 0.2) is 30.6 Å². The highest BCUT2D eigenvalue weighted by Crippen LogP contribution is 2.08. The Bertz CT molecular complexity index is 359. The summed E-state index contributed by atoms with van der Waals surface area (Å²) in [6.45, 7) is 1.80. The number of hydrogen-bond donors (Lipinski definition) is 0. The van der Waals surface area contributed by atoms with Crippen LogP contribution in [0.1, 0.15) is 18.4 Å². The van der Waals surface area contributed by atoms with Gasteiger partial charge in [-0.05, 0) is 30.5 Å². The van der Waals surface area contributed by atoms with Crippen molar-refractivity contribution in [2.24, 2.45) is 0 Å². The molecule has 1 fully saturated rings. The Morgan fingerprint density at radius 3 is 2.75 bits per heavy atom. The molecule has 0 bridgehead atoms. The second-order valence-electron chi connectivity index (χ2n) is 3.65. The fourth-order valence-corrected chi connectivity index (χ4v) is 1.68. The number of amides is 1. The molecule has 2 heterocycles. The second-order valence-corrected chi connectivity index (χ2v) is 3.65. The monoisotopic (exact) mass is 238 g/mol. The van der Waals surface area contributed by atoms with Crippen molar-refractivity contribution in [3.05, 3.63) is 36.2 Å². The van der Waals surface area contributed by atoms with Crippen LogP contribution in [-0.2, 0) is 4.79 Å². The fraction of sp³-hybridized carbons (Fsp3) is 0.333. The van der Waals surface area contributed by atoms with Gasteiger partial charge in [-0.25, -0.2) is 0 Å². The quantitative estimate of drug-likeness (QED) is 0.740. The topological polar surface area (TPSA) is 33.2 Å². The van der Waals surface area contributed by atoms with Gasteiger partial charge in [-0.2, -0.15) is 0 Å². The van der Waals surface area contributed by atoms with E-state index < -0.39 is 0 Å². The average Bonchev–Trinajstić information content (AvgIpc) is 2.81. The van der Waals surface area contributed by atoms with Crippen molar-refractivity contribution in [2.45, 2.75) is 12.8 Å². The molecule has 1 aromatic heterocycles. The molecule has 0 radical (unpaired) electrons. The molecule has 0 aromatic carbocycles. The molecule has 2 rings (SSSR count). The van der Waals surface area contributed by atoms with Gasteiger partial charge in [0.05, 0.1) is 0 Å². The second kappa shape index (κ2) is 6.28. The molecule has 4 heteroatoms. The zero-order chi connectivity index (χ0) is 10.5. The Balaban J connectivity index is 0.00000128. The predicted octanol–water partition coefficient (Wildman–Crippen LogP) is 2.14. The number of likely N-dealkylation sites (tertiary alicyclic amines) is 1. The molecule has 0 aliphatic carbocycles. The Kier molecular flexibility index (Phi) is 4.99. The minimum absolute atomic E-state index is 0. The first kappa shape index (κ1) is 12.7. The zero-order valence-electron chi connectivity index (χ0n) is 9.00. The van der Waals surface area contributed by atoms with Crippen molar-refractivity contribution in [3.63, 3.8) is 0 Å². The van der Waals surface area contributed by atoms with Crippen LogP contribution < -0.4 is 0 Å². The van der Waals surface area contributed by atoms with E-state index in [0.717, 1.165) is 31.5 Å². The molecule has 1 amide bonds. The number of halogens is 1. The Hall–Kier alpha value is -1.35. The van der Waals surface area contributed by atoms with Crippen molar-refractivity contribution in [1.82, 2.24) is 9.88 Å². The molecule has 1 saturated heterocycles. The van der Waals surface area contributed by atoms with Crippen LogP contribution in [0.25, 0.3) is 6.08 Å². The summed E-state index contributed by atoms with van der Waals surface area (Å²) in [5.74, 6) is 0.108. The van der Waals surface area contributed by atoms with Crippen molar-refractivity contribution in [1.29, 1.82) is 0 Å². The Labute approximate surface area is 102 Å². The lowest BCUT2D eigenvalue weighted by Gasteiger charge is -2.11. The third-order valence-electron chi connectivity index (χ3n) is 2.52. The molecule has 1 aliphatic rings. The Morgan fingerprint density at radius 1 is 1.38 bits per heavy atom. The van der Waals surface area contributed by atoms with E-state index in [0.29, 0.717) is 0 Å². The molecule has 1 aromatic rings. The maximum atomic E-state index is 11.6. The molecular formula is C12H15ClN2O. The first-order valence-corrected chi connectivity index (χ1v) is 5.23. The van der Waals surface area contributed by atoms with E-state index in [2.05, 4.69) is 4.98 Å². The van der Waals surface area contributed by atoms with Crippen molar-refractivity contribution >= 4 is 24.4 Å². The zero-order valence-corrected chi connectivity index (χ0v) is 9.82. The summed E-state index contributed by atoms with van der Waals surface area (Å²) in [7, 11) is 0. The van der Waals surface area contributed by atoms with E-state index in [-0.39, 0.29) is 18.3 Å². The van der Waals surface area contributed by atoms with Crippen LogP contribution in [0.2, 0.25) is 0 Å². The van der Waals surface area contributed by atoms with Gasteiger partial charge in [0, 0.05) is 31.6 Å². The molecule has 0 atom stereocenters. The summed E-state index contributed by atoms with van der Waals surface area (Å²) < 4.78 is 0. The number of nitrogens with zero attached hydrogens (tertiary/aromatic N) is 2. The van der Waals surface area contributed by atoms with Gasteiger partial charge in [0.15, 0.2) is 0 Å². The van der Waals surface area contributed by atoms with Crippen molar-refractivity contribution in [2.75, 3.05) is 13.1 Å². The summed E-state index contributed by atoms with van der Waals surface area (Å²) in [6.07, 6.45) is 9.17. The third kappa shape index (κ3) is 3.35. The summed E-state index contributed by atoms with van der Waals surface area (Å²) in [5, 5.41) is 0. The highest BCUT2D eigenvalue weighted by Gasteiger charge is 2.14. The Morgan fingerprint density at radius 2 is 2.12 bits per heavy atom. The highest BCUT2D eigenvalue weighted by molar-refractivity contribution is 5.91. The lowest BCUT2D eigenvalue weighted by Crippen LogP contribution is -2.25. The smallest absolute Gasteiger partial charge is 0.246 e. The van der Waals surface area contributed by atoms with Crippen molar-refractivity contribution in [3.8, 4) is 0 Å². The van der Waals surface area contributed by atoms with E-state index >= 15 is 0 Å². The summed E-state index contributed by atoms with van der Waals surface area (Å²) in [6, 6.07) is 3.79. The molecular weight excluding hydrogens is 224 g/mol. The van der Waals surface area contributed by atoms with Crippen molar-refractivity contribution < 1.29 is 4.79 Å². The molecule has 86 valence electrons. The lowest BCUT2D eigenvalue weighted by molar-refractivity contribution is -0.124. The number of pyridine rings is 1. The largest absolute Gasteiger partial charge is 0.339 e. The van der Waals surface area contributed by atoms with E-state index in [9.17, 15) is 4.79 Å². The minimum Gasteiger partial charge on any atom is -0.339 e. The maximum absolute atomic E-state index is 11.6. The van der Waals surface area contributed by atoms with Gasteiger partial charge in [-0.3, -0.25) is 9.78 Å². The third-order valence-corrected chi connectivity index (χ3v) is 2.52. The first-order valence-electron chi connectivity index (χ1n) is 5.23. The molecule has 3 nitrogen and oxygen atoms in total. The molecule has 16 heavy (non-hydrogen) atoms. The van der Waals surface area contributed by atoms with Crippen LogP contribution >= 0.6 is 12.4 Å². The molecule has 0 unspecified atom stereocenters. The van der Waals surface area contributed by atoms with E-state index in [1.807, 2.05) is 23.1 Å². The van der Waals surface area contributed by atoms with Crippen LogP contribution in [0.4, 0.5) is 0 Å². The number of carbonyl (C=O) groups is 1. The molecule has 0 saturated carbocycles. The average molecular weight is 239 g/mol.